The summed E-state index contributed by atoms with van der Waals surface area (Å²) in [5.41, 5.74) is 1.16. The first-order valence-corrected chi connectivity index (χ1v) is 11.7. The molecule has 1 N–H and O–H groups in total. The van der Waals surface area contributed by atoms with Crippen molar-refractivity contribution in [2.45, 2.75) is 38.8 Å². The molecule has 0 radical (unpaired) electrons. The molecule has 0 fully saturated rings. The summed E-state index contributed by atoms with van der Waals surface area (Å²) in [6, 6.07) is 20.0. The van der Waals surface area contributed by atoms with Crippen molar-refractivity contribution in [3.63, 3.8) is 0 Å². The van der Waals surface area contributed by atoms with Crippen molar-refractivity contribution < 1.29 is 23.1 Å². The normalized spacial score (nSPS) is 11.5. The molecule has 0 aliphatic rings. The Hall–Kier alpha value is -3.74. The first-order valence-electron chi connectivity index (χ1n) is 11.7. The van der Waals surface area contributed by atoms with E-state index in [1.54, 1.807) is 18.2 Å². The first kappa shape index (κ1) is 25.9. The molecule has 0 saturated heterocycles. The van der Waals surface area contributed by atoms with E-state index in [2.05, 4.69) is 5.32 Å². The number of ether oxygens (including phenoxy) is 1. The smallest absolute Gasteiger partial charge is 0.261 e. The number of carbonyl (C=O) groups excluding carboxylic acids is 2. The Morgan fingerprint density at radius 1 is 0.943 bits per heavy atom. The molecule has 2 amide bonds. The fourth-order valence-corrected chi connectivity index (χ4v) is 3.63. The minimum atomic E-state index is -0.877. The van der Waals surface area contributed by atoms with Gasteiger partial charge in [-0.2, -0.15) is 0 Å². The monoisotopic (exact) mass is 480 g/mol. The third kappa shape index (κ3) is 7.91. The fourth-order valence-electron chi connectivity index (χ4n) is 3.63. The van der Waals surface area contributed by atoms with Crippen LogP contribution in [0.15, 0.2) is 78.9 Å². The molecule has 0 aromatic heterocycles. The number of carbonyl (C=O) groups is 2. The van der Waals surface area contributed by atoms with Gasteiger partial charge in [0.1, 0.15) is 23.4 Å². The van der Waals surface area contributed by atoms with E-state index in [-0.39, 0.29) is 25.5 Å². The van der Waals surface area contributed by atoms with Crippen LogP contribution in [0.2, 0.25) is 0 Å². The number of rotatable bonds is 12. The van der Waals surface area contributed by atoms with Crippen LogP contribution >= 0.6 is 0 Å². The van der Waals surface area contributed by atoms with Crippen molar-refractivity contribution in [1.29, 1.82) is 0 Å². The molecule has 0 unspecified atom stereocenters. The molecule has 0 spiro atoms. The van der Waals surface area contributed by atoms with Crippen molar-refractivity contribution in [3.8, 4) is 5.75 Å². The van der Waals surface area contributed by atoms with Gasteiger partial charge in [-0.05, 0) is 42.3 Å². The maximum atomic E-state index is 14.5. The minimum absolute atomic E-state index is 0.100. The standard InChI is InChI=1S/C28H30F2N2O3/c1-2-3-17-31-28(34)26(18-21-9-5-4-6-10-21)32(19-22-11-7-8-12-25(22)30)27(33)20-35-24-15-13-23(29)14-16-24/h4-16,26H,2-3,17-20H2,1H3,(H,31,34)/t26-/m1/s1. The molecule has 0 aliphatic heterocycles. The number of amides is 2. The summed E-state index contributed by atoms with van der Waals surface area (Å²) in [6.45, 7) is 2.02. The number of benzene rings is 3. The Balaban J connectivity index is 1.88. The maximum Gasteiger partial charge on any atom is 0.261 e. The molecule has 184 valence electrons. The maximum absolute atomic E-state index is 14.5. The highest BCUT2D eigenvalue weighted by molar-refractivity contribution is 5.88. The van der Waals surface area contributed by atoms with Crippen LogP contribution in [0.1, 0.15) is 30.9 Å². The molecule has 0 aliphatic carbocycles. The molecule has 0 saturated carbocycles. The lowest BCUT2D eigenvalue weighted by atomic mass is 10.0. The third-order valence-corrected chi connectivity index (χ3v) is 5.58. The zero-order valence-corrected chi connectivity index (χ0v) is 19.8. The number of nitrogens with one attached hydrogen (secondary N) is 1. The molecule has 3 aromatic carbocycles. The fraction of sp³-hybridized carbons (Fsp3) is 0.286. The van der Waals surface area contributed by atoms with Gasteiger partial charge in [-0.3, -0.25) is 9.59 Å². The zero-order valence-electron chi connectivity index (χ0n) is 19.8. The van der Waals surface area contributed by atoms with E-state index in [4.69, 9.17) is 4.74 Å². The van der Waals surface area contributed by atoms with Crippen LogP contribution in [0.3, 0.4) is 0 Å². The van der Waals surface area contributed by atoms with Gasteiger partial charge in [0.15, 0.2) is 6.61 Å². The number of nitrogens with zero attached hydrogens (tertiary/aromatic N) is 1. The van der Waals surface area contributed by atoms with Crippen molar-refractivity contribution in [2.24, 2.45) is 0 Å². The van der Waals surface area contributed by atoms with E-state index in [1.165, 1.54) is 35.2 Å². The van der Waals surface area contributed by atoms with Gasteiger partial charge in [0.05, 0.1) is 0 Å². The molecular weight excluding hydrogens is 450 g/mol. The Morgan fingerprint density at radius 2 is 1.63 bits per heavy atom. The Bertz CT molecular complexity index is 1090. The van der Waals surface area contributed by atoms with Crippen molar-refractivity contribution >= 4 is 11.8 Å². The van der Waals surface area contributed by atoms with E-state index >= 15 is 0 Å². The van der Waals surface area contributed by atoms with E-state index in [1.807, 2.05) is 37.3 Å². The van der Waals surface area contributed by atoms with Gasteiger partial charge < -0.3 is 15.0 Å². The Kier molecular flexibility index (Phi) is 9.78. The summed E-state index contributed by atoms with van der Waals surface area (Å²) >= 11 is 0. The molecule has 3 rings (SSSR count). The summed E-state index contributed by atoms with van der Waals surface area (Å²) in [6.07, 6.45) is 1.97. The molecule has 3 aromatic rings. The van der Waals surface area contributed by atoms with Gasteiger partial charge in [-0.25, -0.2) is 8.78 Å². The highest BCUT2D eigenvalue weighted by Crippen LogP contribution is 2.18. The molecule has 0 bridgehead atoms. The number of halogens is 2. The first-order chi connectivity index (χ1) is 17.0. The molecule has 7 heteroatoms. The summed E-state index contributed by atoms with van der Waals surface area (Å²) in [5.74, 6) is -1.36. The predicted octanol–water partition coefficient (Wildman–Crippen LogP) is 4.90. The van der Waals surface area contributed by atoms with Gasteiger partial charge >= 0.3 is 0 Å². The van der Waals surface area contributed by atoms with Gasteiger partial charge in [0, 0.05) is 25.1 Å². The lowest BCUT2D eigenvalue weighted by molar-refractivity contribution is -0.142. The SMILES string of the molecule is CCCCNC(=O)[C@@H](Cc1ccccc1)N(Cc1ccccc1F)C(=O)COc1ccc(F)cc1. The average molecular weight is 481 g/mol. The van der Waals surface area contributed by atoms with E-state index < -0.39 is 23.6 Å². The van der Waals surface area contributed by atoms with Crippen molar-refractivity contribution in [2.75, 3.05) is 13.2 Å². The summed E-state index contributed by atoms with van der Waals surface area (Å²) in [7, 11) is 0. The van der Waals surface area contributed by atoms with Crippen LogP contribution in [0.5, 0.6) is 5.75 Å². The number of hydrogen-bond acceptors (Lipinski definition) is 3. The van der Waals surface area contributed by atoms with Crippen LogP contribution in [-0.4, -0.2) is 35.9 Å². The quantitative estimate of drug-likeness (QED) is 0.375. The number of hydrogen-bond donors (Lipinski definition) is 1. The second-order valence-electron chi connectivity index (χ2n) is 8.21. The van der Waals surface area contributed by atoms with Crippen LogP contribution in [0.25, 0.3) is 0 Å². The van der Waals surface area contributed by atoms with Crippen LogP contribution in [0, 0.1) is 11.6 Å². The Morgan fingerprint density at radius 3 is 2.31 bits per heavy atom. The highest BCUT2D eigenvalue weighted by Gasteiger charge is 2.31. The molecule has 0 heterocycles. The van der Waals surface area contributed by atoms with Gasteiger partial charge in [0.2, 0.25) is 5.91 Å². The number of unbranched alkanes of at least 4 members (excludes halogenated alkanes) is 1. The summed E-state index contributed by atoms with van der Waals surface area (Å²) in [5, 5.41) is 2.91. The van der Waals surface area contributed by atoms with E-state index in [9.17, 15) is 18.4 Å². The second-order valence-corrected chi connectivity index (χ2v) is 8.21. The Labute approximate surface area is 204 Å². The van der Waals surface area contributed by atoms with Crippen molar-refractivity contribution in [1.82, 2.24) is 10.2 Å². The predicted molar refractivity (Wildman–Crippen MR) is 131 cm³/mol. The van der Waals surface area contributed by atoms with E-state index in [0.717, 1.165) is 18.4 Å². The van der Waals surface area contributed by atoms with Crippen LogP contribution < -0.4 is 10.1 Å². The summed E-state index contributed by atoms with van der Waals surface area (Å²) < 4.78 is 33.3. The lowest BCUT2D eigenvalue weighted by Crippen LogP contribution is -2.52. The highest BCUT2D eigenvalue weighted by atomic mass is 19.1. The third-order valence-electron chi connectivity index (χ3n) is 5.58. The molecular formula is C28H30F2N2O3. The minimum Gasteiger partial charge on any atom is -0.484 e. The second kappa shape index (κ2) is 13.2. The molecule has 35 heavy (non-hydrogen) atoms. The largest absolute Gasteiger partial charge is 0.484 e. The molecule has 1 atom stereocenters. The average Bonchev–Trinajstić information content (AvgIpc) is 2.87. The van der Waals surface area contributed by atoms with E-state index in [0.29, 0.717) is 17.9 Å². The van der Waals surface area contributed by atoms with Crippen LogP contribution in [-0.2, 0) is 22.6 Å². The van der Waals surface area contributed by atoms with Gasteiger partial charge in [-0.1, -0.05) is 61.9 Å². The summed E-state index contributed by atoms with van der Waals surface area (Å²) in [4.78, 5) is 28.0. The van der Waals surface area contributed by atoms with Crippen molar-refractivity contribution in [3.05, 3.63) is 102 Å². The van der Waals surface area contributed by atoms with Gasteiger partial charge in [-0.15, -0.1) is 0 Å². The lowest BCUT2D eigenvalue weighted by Gasteiger charge is -2.31. The zero-order chi connectivity index (χ0) is 25.0. The van der Waals surface area contributed by atoms with Crippen LogP contribution in [0.4, 0.5) is 8.78 Å². The molecule has 5 nitrogen and oxygen atoms in total. The topological polar surface area (TPSA) is 58.6 Å². The van der Waals surface area contributed by atoms with Gasteiger partial charge in [0.25, 0.3) is 5.91 Å².